The number of para-hydroxylation sites is 1. The van der Waals surface area contributed by atoms with Crippen molar-refractivity contribution in [2.45, 2.75) is 82.0 Å². The molecule has 2 N–H and O–H groups in total. The Morgan fingerprint density at radius 2 is 1.74 bits per heavy atom. The molecule has 166 valence electrons. The largest absolute Gasteiger partial charge is 0.349 e. The highest BCUT2D eigenvalue weighted by molar-refractivity contribution is 7.99. The highest BCUT2D eigenvalue weighted by atomic mass is 32.2. The highest BCUT2D eigenvalue weighted by Gasteiger charge is 2.23. The average molecular weight is 442 g/mol. The Hall–Kier alpha value is -2.35. The lowest BCUT2D eigenvalue weighted by Gasteiger charge is -2.24. The van der Waals surface area contributed by atoms with Gasteiger partial charge in [0.1, 0.15) is 5.82 Å². The van der Waals surface area contributed by atoms with E-state index in [1.54, 1.807) is 12.1 Å². The van der Waals surface area contributed by atoms with Gasteiger partial charge in [-0.1, -0.05) is 56.0 Å². The van der Waals surface area contributed by atoms with Crippen molar-refractivity contribution in [3.8, 4) is 0 Å². The van der Waals surface area contributed by atoms with Crippen molar-refractivity contribution >= 4 is 29.3 Å². The standard InChI is InChI=1S/C23H31N5O2S/c1-16-26-27-23(28(16)18-11-3-2-4-12-18)31-15-21(29)25-20-14-8-7-13-19(20)22(30)24-17-9-5-6-10-17/h7-8,13-14,17-18H,2-6,9-12,15H2,1H3,(H,24,30)(H,25,29). The van der Waals surface area contributed by atoms with Crippen molar-refractivity contribution in [1.82, 2.24) is 20.1 Å². The van der Waals surface area contributed by atoms with Crippen LogP contribution in [-0.4, -0.2) is 38.4 Å². The van der Waals surface area contributed by atoms with Crippen LogP contribution in [0.15, 0.2) is 29.4 Å². The summed E-state index contributed by atoms with van der Waals surface area (Å²) in [7, 11) is 0. The van der Waals surface area contributed by atoms with Gasteiger partial charge in [-0.2, -0.15) is 0 Å². The molecule has 0 spiro atoms. The van der Waals surface area contributed by atoms with Gasteiger partial charge in [0, 0.05) is 12.1 Å². The first kappa shape index (κ1) is 21.9. The number of anilines is 1. The minimum atomic E-state index is -0.151. The normalized spacial score (nSPS) is 17.6. The molecule has 4 rings (SSSR count). The Kier molecular flexibility index (Phi) is 7.27. The van der Waals surface area contributed by atoms with Gasteiger partial charge >= 0.3 is 0 Å². The van der Waals surface area contributed by atoms with Gasteiger partial charge in [0.25, 0.3) is 5.91 Å². The Balaban J connectivity index is 1.37. The number of nitrogens with one attached hydrogen (secondary N) is 2. The van der Waals surface area contributed by atoms with E-state index in [2.05, 4.69) is 25.4 Å². The maximum absolute atomic E-state index is 12.7. The molecule has 0 bridgehead atoms. The Morgan fingerprint density at radius 3 is 2.52 bits per heavy atom. The van der Waals surface area contributed by atoms with E-state index in [9.17, 15) is 9.59 Å². The quantitative estimate of drug-likeness (QED) is 0.618. The first-order chi connectivity index (χ1) is 15.1. The van der Waals surface area contributed by atoms with Crippen LogP contribution < -0.4 is 10.6 Å². The molecule has 1 heterocycles. The van der Waals surface area contributed by atoms with Crippen LogP contribution in [0, 0.1) is 6.92 Å². The SMILES string of the molecule is Cc1nnc(SCC(=O)Nc2ccccc2C(=O)NC2CCCC2)n1C1CCCCC1. The third-order valence-corrected chi connectivity index (χ3v) is 7.19. The van der Waals surface area contributed by atoms with E-state index in [0.717, 1.165) is 49.5 Å². The summed E-state index contributed by atoms with van der Waals surface area (Å²) in [6.45, 7) is 1.98. The summed E-state index contributed by atoms with van der Waals surface area (Å²) < 4.78 is 2.19. The summed E-state index contributed by atoms with van der Waals surface area (Å²) in [5.74, 6) is 0.859. The van der Waals surface area contributed by atoms with Crippen LogP contribution in [0.25, 0.3) is 0 Å². The van der Waals surface area contributed by atoms with Crippen molar-refractivity contribution in [3.63, 3.8) is 0 Å². The molecular formula is C23H31N5O2S. The number of nitrogens with zero attached hydrogens (tertiary/aromatic N) is 3. The molecule has 0 atom stereocenters. The first-order valence-corrected chi connectivity index (χ1v) is 12.3. The smallest absolute Gasteiger partial charge is 0.253 e. The third kappa shape index (κ3) is 5.47. The monoisotopic (exact) mass is 441 g/mol. The molecule has 2 aromatic rings. The summed E-state index contributed by atoms with van der Waals surface area (Å²) in [6.07, 6.45) is 10.4. The van der Waals surface area contributed by atoms with Crippen LogP contribution in [-0.2, 0) is 4.79 Å². The molecule has 8 heteroatoms. The van der Waals surface area contributed by atoms with Gasteiger partial charge in [0.05, 0.1) is 17.0 Å². The highest BCUT2D eigenvalue weighted by Crippen LogP contribution is 2.32. The molecule has 1 aromatic carbocycles. The predicted molar refractivity (Wildman–Crippen MR) is 122 cm³/mol. The second-order valence-electron chi connectivity index (χ2n) is 8.53. The van der Waals surface area contributed by atoms with Crippen molar-refractivity contribution in [3.05, 3.63) is 35.7 Å². The molecule has 0 aliphatic heterocycles. The van der Waals surface area contributed by atoms with Gasteiger partial charge in [-0.05, 0) is 44.7 Å². The summed E-state index contributed by atoms with van der Waals surface area (Å²) >= 11 is 1.41. The van der Waals surface area contributed by atoms with Crippen LogP contribution in [0.1, 0.15) is 80.0 Å². The predicted octanol–water partition coefficient (Wildman–Crippen LogP) is 4.49. The van der Waals surface area contributed by atoms with Gasteiger partial charge in [0.15, 0.2) is 5.16 Å². The van der Waals surface area contributed by atoms with E-state index in [4.69, 9.17) is 0 Å². The lowest BCUT2D eigenvalue weighted by Crippen LogP contribution is -2.33. The molecular weight excluding hydrogens is 410 g/mol. The Bertz CT molecular complexity index is 916. The number of thioether (sulfide) groups is 1. The number of aromatic nitrogens is 3. The molecule has 0 unspecified atom stereocenters. The zero-order valence-corrected chi connectivity index (χ0v) is 18.9. The maximum atomic E-state index is 12.7. The number of carbonyl (C=O) groups excluding carboxylic acids is 2. The minimum Gasteiger partial charge on any atom is -0.349 e. The molecule has 2 aliphatic carbocycles. The summed E-state index contributed by atoms with van der Waals surface area (Å²) in [5, 5.41) is 15.4. The van der Waals surface area contributed by atoms with Gasteiger partial charge in [0.2, 0.25) is 5.91 Å². The molecule has 2 fully saturated rings. The van der Waals surface area contributed by atoms with E-state index in [-0.39, 0.29) is 23.6 Å². The van der Waals surface area contributed by atoms with Crippen molar-refractivity contribution in [1.29, 1.82) is 0 Å². The van der Waals surface area contributed by atoms with Crippen LogP contribution in [0.5, 0.6) is 0 Å². The van der Waals surface area contributed by atoms with Crippen molar-refractivity contribution in [2.24, 2.45) is 0 Å². The zero-order valence-electron chi connectivity index (χ0n) is 18.1. The lowest BCUT2D eigenvalue weighted by molar-refractivity contribution is -0.113. The van der Waals surface area contributed by atoms with E-state index in [0.29, 0.717) is 17.3 Å². The van der Waals surface area contributed by atoms with E-state index >= 15 is 0 Å². The van der Waals surface area contributed by atoms with Gasteiger partial charge in [-0.25, -0.2) is 0 Å². The Morgan fingerprint density at radius 1 is 1.03 bits per heavy atom. The fourth-order valence-electron chi connectivity index (χ4n) is 4.65. The fourth-order valence-corrected chi connectivity index (χ4v) is 5.50. The number of rotatable bonds is 7. The summed E-state index contributed by atoms with van der Waals surface area (Å²) in [4.78, 5) is 25.4. The minimum absolute atomic E-state index is 0.122. The van der Waals surface area contributed by atoms with Crippen molar-refractivity contribution < 1.29 is 9.59 Å². The number of amides is 2. The molecule has 0 saturated heterocycles. The maximum Gasteiger partial charge on any atom is 0.253 e. The van der Waals surface area contributed by atoms with Gasteiger partial charge in [-0.15, -0.1) is 10.2 Å². The van der Waals surface area contributed by atoms with Gasteiger partial charge in [-0.3, -0.25) is 9.59 Å². The zero-order chi connectivity index (χ0) is 21.6. The van der Waals surface area contributed by atoms with Crippen LogP contribution in [0.3, 0.4) is 0 Å². The summed E-state index contributed by atoms with van der Waals surface area (Å²) in [5.41, 5.74) is 1.06. The van der Waals surface area contributed by atoms with Crippen LogP contribution in [0.4, 0.5) is 5.69 Å². The van der Waals surface area contributed by atoms with E-state index in [1.165, 1.54) is 31.0 Å². The van der Waals surface area contributed by atoms with Crippen LogP contribution >= 0.6 is 11.8 Å². The molecule has 7 nitrogen and oxygen atoms in total. The molecule has 2 aliphatic rings. The topological polar surface area (TPSA) is 88.9 Å². The lowest BCUT2D eigenvalue weighted by atomic mass is 9.95. The van der Waals surface area contributed by atoms with Crippen molar-refractivity contribution in [2.75, 3.05) is 11.1 Å². The summed E-state index contributed by atoms with van der Waals surface area (Å²) in [6, 6.07) is 7.86. The number of hydrogen-bond donors (Lipinski definition) is 2. The number of hydrogen-bond acceptors (Lipinski definition) is 5. The molecule has 1 aromatic heterocycles. The first-order valence-electron chi connectivity index (χ1n) is 11.4. The molecule has 31 heavy (non-hydrogen) atoms. The van der Waals surface area contributed by atoms with E-state index < -0.39 is 0 Å². The van der Waals surface area contributed by atoms with Gasteiger partial charge < -0.3 is 15.2 Å². The second-order valence-corrected chi connectivity index (χ2v) is 9.47. The fraction of sp³-hybridized carbons (Fsp3) is 0.565. The molecule has 0 radical (unpaired) electrons. The molecule has 2 saturated carbocycles. The van der Waals surface area contributed by atoms with Crippen LogP contribution in [0.2, 0.25) is 0 Å². The number of benzene rings is 1. The second kappa shape index (κ2) is 10.3. The average Bonchev–Trinajstić information content (AvgIpc) is 3.42. The Labute approximate surface area is 187 Å². The third-order valence-electron chi connectivity index (χ3n) is 6.24. The number of aryl methyl sites for hydroxylation is 1. The number of carbonyl (C=O) groups is 2. The van der Waals surface area contributed by atoms with E-state index in [1.807, 2.05) is 19.1 Å². The molecule has 2 amide bonds.